The molecule has 0 unspecified atom stereocenters. The second kappa shape index (κ2) is 6.41. The lowest BCUT2D eigenvalue weighted by Crippen LogP contribution is -2.06. The number of halogens is 1. The molecule has 0 atom stereocenters. The fraction of sp³-hybridized carbons (Fsp3) is 0.0556. The monoisotopic (exact) mass is 379 g/mol. The van der Waals surface area contributed by atoms with Gasteiger partial charge in [-0.1, -0.05) is 36.4 Å². The van der Waals surface area contributed by atoms with Gasteiger partial charge in [-0.3, -0.25) is 4.98 Å². The van der Waals surface area contributed by atoms with Crippen molar-refractivity contribution in [3.8, 4) is 11.3 Å². The highest BCUT2D eigenvalue weighted by molar-refractivity contribution is 9.10. The molecule has 1 N–H and O–H groups in total. The van der Waals surface area contributed by atoms with E-state index in [-0.39, 0.29) is 0 Å². The molecule has 0 spiro atoms. The summed E-state index contributed by atoms with van der Waals surface area (Å²) in [5, 5.41) is 7.88. The highest BCUT2D eigenvalue weighted by atomic mass is 79.9. The zero-order valence-electron chi connectivity index (χ0n) is 12.7. The van der Waals surface area contributed by atoms with Gasteiger partial charge in [0.1, 0.15) is 10.4 Å². The van der Waals surface area contributed by atoms with Gasteiger partial charge in [0, 0.05) is 36.6 Å². The number of nitrogens with zero attached hydrogens (tertiary/aromatic N) is 4. The van der Waals surface area contributed by atoms with Crippen molar-refractivity contribution in [1.29, 1.82) is 0 Å². The Morgan fingerprint density at radius 1 is 1.04 bits per heavy atom. The molecule has 0 bridgehead atoms. The van der Waals surface area contributed by atoms with Crippen LogP contribution in [0.25, 0.3) is 16.9 Å². The number of nitrogens with one attached hydrogen (secondary N) is 1. The van der Waals surface area contributed by atoms with Crippen molar-refractivity contribution in [2.75, 3.05) is 5.32 Å². The predicted octanol–water partition coefficient (Wildman–Crippen LogP) is 4.17. The molecule has 0 amide bonds. The summed E-state index contributed by atoms with van der Waals surface area (Å²) in [6, 6.07) is 18.0. The van der Waals surface area contributed by atoms with E-state index in [0.29, 0.717) is 6.54 Å². The van der Waals surface area contributed by atoms with Gasteiger partial charge in [-0.15, -0.1) is 0 Å². The van der Waals surface area contributed by atoms with Gasteiger partial charge >= 0.3 is 0 Å². The van der Waals surface area contributed by atoms with Crippen LogP contribution in [0.2, 0.25) is 0 Å². The van der Waals surface area contributed by atoms with Crippen LogP contribution in [0.5, 0.6) is 0 Å². The Morgan fingerprint density at radius 3 is 2.71 bits per heavy atom. The number of hydrogen-bond donors (Lipinski definition) is 1. The van der Waals surface area contributed by atoms with Crippen LogP contribution in [0, 0.1) is 0 Å². The smallest absolute Gasteiger partial charge is 0.159 e. The van der Waals surface area contributed by atoms with Crippen LogP contribution < -0.4 is 5.32 Å². The molecular weight excluding hydrogens is 366 g/mol. The van der Waals surface area contributed by atoms with E-state index in [2.05, 4.69) is 43.5 Å². The lowest BCUT2D eigenvalue weighted by molar-refractivity contribution is 0.915. The Labute approximate surface area is 147 Å². The van der Waals surface area contributed by atoms with Crippen molar-refractivity contribution in [2.45, 2.75) is 6.54 Å². The van der Waals surface area contributed by atoms with Crippen molar-refractivity contribution in [1.82, 2.24) is 19.6 Å². The largest absolute Gasteiger partial charge is 0.366 e. The van der Waals surface area contributed by atoms with Crippen molar-refractivity contribution in [2.24, 2.45) is 0 Å². The van der Waals surface area contributed by atoms with Crippen molar-refractivity contribution < 1.29 is 0 Å². The molecule has 0 fully saturated rings. The number of anilines is 1. The molecule has 4 aromatic rings. The highest BCUT2D eigenvalue weighted by Gasteiger charge is 2.10. The van der Waals surface area contributed by atoms with E-state index in [1.165, 1.54) is 0 Å². The fourth-order valence-electron chi connectivity index (χ4n) is 2.52. The minimum Gasteiger partial charge on any atom is -0.366 e. The predicted molar refractivity (Wildman–Crippen MR) is 97.7 cm³/mol. The van der Waals surface area contributed by atoms with Crippen LogP contribution in [-0.2, 0) is 6.54 Å². The molecule has 0 saturated carbocycles. The Morgan fingerprint density at radius 2 is 1.92 bits per heavy atom. The second-order valence-electron chi connectivity index (χ2n) is 5.34. The summed E-state index contributed by atoms with van der Waals surface area (Å²) >= 11 is 3.43. The third kappa shape index (κ3) is 3.00. The van der Waals surface area contributed by atoms with Crippen molar-refractivity contribution in [3.05, 3.63) is 77.2 Å². The Hall–Kier alpha value is -2.73. The molecule has 0 aliphatic rings. The third-order valence-corrected chi connectivity index (χ3v) is 4.05. The molecular formula is C18H14BrN5. The summed E-state index contributed by atoms with van der Waals surface area (Å²) in [6.45, 7) is 0.665. The van der Waals surface area contributed by atoms with E-state index in [4.69, 9.17) is 4.98 Å². The number of pyridine rings is 1. The van der Waals surface area contributed by atoms with E-state index in [9.17, 15) is 0 Å². The topological polar surface area (TPSA) is 55.1 Å². The zero-order valence-corrected chi connectivity index (χ0v) is 14.3. The molecule has 118 valence electrons. The van der Waals surface area contributed by atoms with Gasteiger partial charge in [-0.05, 0) is 27.6 Å². The zero-order chi connectivity index (χ0) is 16.4. The van der Waals surface area contributed by atoms with E-state index >= 15 is 0 Å². The Kier molecular flexibility index (Phi) is 3.96. The average Bonchev–Trinajstić information content (AvgIpc) is 3.01. The van der Waals surface area contributed by atoms with Crippen LogP contribution >= 0.6 is 15.9 Å². The van der Waals surface area contributed by atoms with Gasteiger partial charge < -0.3 is 5.32 Å². The standard InChI is InChI=1S/C18H14BrN5/c19-16-10-18-22-15(14-6-2-1-3-7-14)9-17(24(18)23-16)21-12-13-5-4-8-20-11-13/h1-11,21H,12H2. The molecule has 3 heterocycles. The first-order valence-electron chi connectivity index (χ1n) is 7.54. The SMILES string of the molecule is Brc1cc2nc(-c3ccccc3)cc(NCc3cccnc3)n2n1. The summed E-state index contributed by atoms with van der Waals surface area (Å²) in [7, 11) is 0. The normalized spacial score (nSPS) is 10.9. The summed E-state index contributed by atoms with van der Waals surface area (Å²) < 4.78 is 2.55. The number of aromatic nitrogens is 4. The maximum absolute atomic E-state index is 4.70. The first-order chi connectivity index (χ1) is 11.8. The van der Waals surface area contributed by atoms with Gasteiger partial charge in [0.05, 0.1) is 5.69 Å². The number of benzene rings is 1. The molecule has 0 radical (unpaired) electrons. The first kappa shape index (κ1) is 14.8. The molecule has 4 rings (SSSR count). The fourth-order valence-corrected chi connectivity index (χ4v) is 2.89. The second-order valence-corrected chi connectivity index (χ2v) is 6.16. The van der Waals surface area contributed by atoms with Crippen LogP contribution in [-0.4, -0.2) is 19.6 Å². The van der Waals surface area contributed by atoms with E-state index < -0.39 is 0 Å². The number of rotatable bonds is 4. The summed E-state index contributed by atoms with van der Waals surface area (Å²) in [4.78, 5) is 8.85. The van der Waals surface area contributed by atoms with Gasteiger partial charge in [0.2, 0.25) is 0 Å². The molecule has 5 nitrogen and oxygen atoms in total. The van der Waals surface area contributed by atoms with Crippen LogP contribution in [0.3, 0.4) is 0 Å². The number of hydrogen-bond acceptors (Lipinski definition) is 4. The average molecular weight is 380 g/mol. The van der Waals surface area contributed by atoms with Gasteiger partial charge in [0.25, 0.3) is 0 Å². The van der Waals surface area contributed by atoms with Crippen molar-refractivity contribution >= 4 is 27.4 Å². The maximum Gasteiger partial charge on any atom is 0.159 e. The maximum atomic E-state index is 4.70. The minimum absolute atomic E-state index is 0.665. The highest BCUT2D eigenvalue weighted by Crippen LogP contribution is 2.24. The summed E-state index contributed by atoms with van der Waals surface area (Å²) in [6.07, 6.45) is 3.62. The minimum atomic E-state index is 0.665. The van der Waals surface area contributed by atoms with Crippen LogP contribution in [0.1, 0.15) is 5.56 Å². The lowest BCUT2D eigenvalue weighted by atomic mass is 10.1. The molecule has 3 aromatic heterocycles. The molecule has 6 heteroatoms. The first-order valence-corrected chi connectivity index (χ1v) is 8.33. The molecule has 0 aliphatic carbocycles. The van der Waals surface area contributed by atoms with Crippen molar-refractivity contribution in [3.63, 3.8) is 0 Å². The third-order valence-electron chi connectivity index (χ3n) is 3.66. The van der Waals surface area contributed by atoms with Gasteiger partial charge in [0.15, 0.2) is 5.65 Å². The van der Waals surface area contributed by atoms with E-state index in [0.717, 1.165) is 32.9 Å². The van der Waals surface area contributed by atoms with Gasteiger partial charge in [-0.2, -0.15) is 9.61 Å². The van der Waals surface area contributed by atoms with E-state index in [1.54, 1.807) is 10.7 Å². The van der Waals surface area contributed by atoms with Crippen LogP contribution in [0.4, 0.5) is 5.82 Å². The Bertz CT molecular complexity index is 967. The Balaban J connectivity index is 1.75. The van der Waals surface area contributed by atoms with E-state index in [1.807, 2.05) is 48.7 Å². The molecule has 24 heavy (non-hydrogen) atoms. The number of fused-ring (bicyclic) bond motifs is 1. The van der Waals surface area contributed by atoms with Crippen LogP contribution in [0.15, 0.2) is 71.6 Å². The summed E-state index contributed by atoms with van der Waals surface area (Å²) in [5.74, 6) is 0.883. The summed E-state index contributed by atoms with van der Waals surface area (Å²) in [5.41, 5.74) is 3.87. The molecule has 1 aromatic carbocycles. The quantitative estimate of drug-likeness (QED) is 0.578. The molecule has 0 aliphatic heterocycles. The van der Waals surface area contributed by atoms with Gasteiger partial charge in [-0.25, -0.2) is 4.98 Å². The molecule has 0 saturated heterocycles. The lowest BCUT2D eigenvalue weighted by Gasteiger charge is -2.10.